The van der Waals surface area contributed by atoms with Crippen molar-refractivity contribution in [3.05, 3.63) is 17.5 Å². The Morgan fingerprint density at radius 3 is 2.27 bits per heavy atom. The van der Waals surface area contributed by atoms with E-state index in [1.807, 2.05) is 0 Å². The van der Waals surface area contributed by atoms with Crippen LogP contribution in [0.1, 0.15) is 17.8 Å². The monoisotopic (exact) mass is 229 g/mol. The second-order valence-electron chi connectivity index (χ2n) is 3.39. The third-order valence-electron chi connectivity index (χ3n) is 1.86. The van der Waals surface area contributed by atoms with Gasteiger partial charge in [-0.2, -0.15) is 0 Å². The fraction of sp³-hybridized carbons (Fsp3) is 0.556. The number of rotatable bonds is 4. The number of hydrogen-bond acceptors (Lipinski definition) is 5. The standard InChI is InChI=1S/C9H15N3O2S/c1-7-6-8(2)12-9(11-7)15(13,14)5-3-4-10/h6H,3-5,10H2,1-2H3. The summed E-state index contributed by atoms with van der Waals surface area (Å²) in [5.74, 6) is 0.00634. The molecule has 0 aliphatic rings. The molecule has 0 fully saturated rings. The number of aromatic nitrogens is 2. The molecule has 1 aromatic heterocycles. The van der Waals surface area contributed by atoms with Crippen molar-refractivity contribution in [2.45, 2.75) is 25.4 Å². The summed E-state index contributed by atoms with van der Waals surface area (Å²) in [5, 5.41) is -0.0894. The number of nitrogens with zero attached hydrogens (tertiary/aromatic N) is 2. The zero-order valence-corrected chi connectivity index (χ0v) is 9.71. The van der Waals surface area contributed by atoms with E-state index in [4.69, 9.17) is 5.73 Å². The third kappa shape index (κ3) is 3.24. The Morgan fingerprint density at radius 2 is 1.80 bits per heavy atom. The van der Waals surface area contributed by atoms with Crippen molar-refractivity contribution in [1.29, 1.82) is 0 Å². The van der Waals surface area contributed by atoms with E-state index < -0.39 is 9.84 Å². The van der Waals surface area contributed by atoms with Crippen LogP contribution in [0.15, 0.2) is 11.2 Å². The van der Waals surface area contributed by atoms with E-state index in [0.717, 1.165) is 0 Å². The lowest BCUT2D eigenvalue weighted by atomic mass is 10.4. The first-order valence-electron chi connectivity index (χ1n) is 4.71. The smallest absolute Gasteiger partial charge is 0.247 e. The number of sulfone groups is 1. The SMILES string of the molecule is Cc1cc(C)nc(S(=O)(=O)CCCN)n1. The maximum Gasteiger partial charge on any atom is 0.247 e. The summed E-state index contributed by atoms with van der Waals surface area (Å²) >= 11 is 0. The molecule has 15 heavy (non-hydrogen) atoms. The van der Waals surface area contributed by atoms with Gasteiger partial charge in [0.2, 0.25) is 15.0 Å². The minimum Gasteiger partial charge on any atom is -0.330 e. The van der Waals surface area contributed by atoms with Gasteiger partial charge in [-0.05, 0) is 32.9 Å². The molecule has 2 N–H and O–H groups in total. The molecule has 1 rings (SSSR count). The van der Waals surface area contributed by atoms with E-state index in [2.05, 4.69) is 9.97 Å². The molecule has 0 aromatic carbocycles. The van der Waals surface area contributed by atoms with Crippen LogP contribution in [-0.4, -0.2) is 30.7 Å². The van der Waals surface area contributed by atoms with Gasteiger partial charge < -0.3 is 5.73 Å². The molecular weight excluding hydrogens is 214 g/mol. The molecule has 0 saturated carbocycles. The van der Waals surface area contributed by atoms with E-state index in [-0.39, 0.29) is 10.9 Å². The molecule has 6 heteroatoms. The summed E-state index contributed by atoms with van der Waals surface area (Å²) in [4.78, 5) is 7.84. The van der Waals surface area contributed by atoms with E-state index in [1.165, 1.54) is 0 Å². The van der Waals surface area contributed by atoms with Crippen molar-refractivity contribution in [2.24, 2.45) is 5.73 Å². The van der Waals surface area contributed by atoms with Crippen LogP contribution in [0.2, 0.25) is 0 Å². The Balaban J connectivity index is 3.04. The van der Waals surface area contributed by atoms with E-state index >= 15 is 0 Å². The van der Waals surface area contributed by atoms with Crippen molar-refractivity contribution >= 4 is 9.84 Å². The van der Waals surface area contributed by atoms with Gasteiger partial charge in [0.25, 0.3) is 0 Å². The van der Waals surface area contributed by atoms with Gasteiger partial charge in [0.1, 0.15) is 0 Å². The van der Waals surface area contributed by atoms with E-state index in [9.17, 15) is 8.42 Å². The van der Waals surface area contributed by atoms with Crippen molar-refractivity contribution in [3.8, 4) is 0 Å². The van der Waals surface area contributed by atoms with Crippen molar-refractivity contribution in [3.63, 3.8) is 0 Å². The van der Waals surface area contributed by atoms with Gasteiger partial charge in [0, 0.05) is 11.4 Å². The first-order valence-corrected chi connectivity index (χ1v) is 6.36. The maximum atomic E-state index is 11.7. The average molecular weight is 229 g/mol. The largest absolute Gasteiger partial charge is 0.330 e. The second kappa shape index (κ2) is 4.67. The zero-order valence-electron chi connectivity index (χ0n) is 8.90. The summed E-state index contributed by atoms with van der Waals surface area (Å²) in [6, 6.07) is 1.74. The Morgan fingerprint density at radius 1 is 1.27 bits per heavy atom. The van der Waals surface area contributed by atoms with Crippen molar-refractivity contribution in [2.75, 3.05) is 12.3 Å². The Bertz CT molecular complexity index is 422. The molecule has 0 saturated heterocycles. The fourth-order valence-corrected chi connectivity index (χ4v) is 2.49. The predicted molar refractivity (Wildman–Crippen MR) is 57.2 cm³/mol. The van der Waals surface area contributed by atoms with Crippen molar-refractivity contribution < 1.29 is 8.42 Å². The molecule has 84 valence electrons. The molecule has 1 aromatic rings. The predicted octanol–water partition coefficient (Wildman–Crippen LogP) is 0.216. The van der Waals surface area contributed by atoms with Crippen LogP contribution in [0.3, 0.4) is 0 Å². The first kappa shape index (κ1) is 12.1. The summed E-state index contributed by atoms with van der Waals surface area (Å²) < 4.78 is 23.4. The maximum absolute atomic E-state index is 11.7. The highest BCUT2D eigenvalue weighted by Gasteiger charge is 2.17. The Hall–Kier alpha value is -1.01. The van der Waals surface area contributed by atoms with Crippen LogP contribution >= 0.6 is 0 Å². The van der Waals surface area contributed by atoms with E-state index in [0.29, 0.717) is 24.4 Å². The van der Waals surface area contributed by atoms with Crippen molar-refractivity contribution in [1.82, 2.24) is 9.97 Å². The topological polar surface area (TPSA) is 85.9 Å². The van der Waals surface area contributed by atoms with Crippen LogP contribution < -0.4 is 5.73 Å². The summed E-state index contributed by atoms with van der Waals surface area (Å²) in [7, 11) is -3.37. The molecule has 0 radical (unpaired) electrons. The molecular formula is C9H15N3O2S. The van der Waals surface area contributed by atoms with Crippen LogP contribution in [0.4, 0.5) is 0 Å². The molecule has 0 atom stereocenters. The van der Waals surface area contributed by atoms with Gasteiger partial charge in [0.05, 0.1) is 5.75 Å². The van der Waals surface area contributed by atoms with Gasteiger partial charge in [-0.3, -0.25) is 0 Å². The Kier molecular flexibility index (Phi) is 3.76. The molecule has 0 spiro atoms. The van der Waals surface area contributed by atoms with Crippen LogP contribution in [0, 0.1) is 13.8 Å². The highest BCUT2D eigenvalue weighted by Crippen LogP contribution is 2.08. The molecule has 0 unspecified atom stereocenters. The quantitative estimate of drug-likeness (QED) is 0.746. The molecule has 0 amide bonds. The van der Waals surface area contributed by atoms with Crippen LogP contribution in [-0.2, 0) is 9.84 Å². The number of hydrogen-bond donors (Lipinski definition) is 1. The molecule has 0 aliphatic carbocycles. The number of nitrogens with two attached hydrogens (primary N) is 1. The van der Waals surface area contributed by atoms with Gasteiger partial charge in [0.15, 0.2) is 0 Å². The highest BCUT2D eigenvalue weighted by molar-refractivity contribution is 7.91. The zero-order chi connectivity index (χ0) is 11.5. The number of aryl methyl sites for hydroxylation is 2. The lowest BCUT2D eigenvalue weighted by Gasteiger charge is -2.03. The van der Waals surface area contributed by atoms with Gasteiger partial charge in [-0.1, -0.05) is 0 Å². The Labute approximate surface area is 89.7 Å². The van der Waals surface area contributed by atoms with Crippen LogP contribution in [0.5, 0.6) is 0 Å². The van der Waals surface area contributed by atoms with E-state index in [1.54, 1.807) is 19.9 Å². The molecule has 1 heterocycles. The normalized spacial score (nSPS) is 11.7. The molecule has 0 bridgehead atoms. The van der Waals surface area contributed by atoms with Gasteiger partial charge in [-0.15, -0.1) is 0 Å². The molecule has 5 nitrogen and oxygen atoms in total. The lowest BCUT2D eigenvalue weighted by molar-refractivity contribution is 0.583. The summed E-state index contributed by atoms with van der Waals surface area (Å²) in [6.45, 7) is 3.84. The average Bonchev–Trinajstić information content (AvgIpc) is 2.13. The van der Waals surface area contributed by atoms with Crippen LogP contribution in [0.25, 0.3) is 0 Å². The highest BCUT2D eigenvalue weighted by atomic mass is 32.2. The lowest BCUT2D eigenvalue weighted by Crippen LogP contribution is -2.15. The summed E-state index contributed by atoms with van der Waals surface area (Å²) in [6.07, 6.45) is 0.429. The van der Waals surface area contributed by atoms with Gasteiger partial charge >= 0.3 is 0 Å². The summed E-state index contributed by atoms with van der Waals surface area (Å²) in [5.41, 5.74) is 6.59. The second-order valence-corrected chi connectivity index (χ2v) is 5.40. The van der Waals surface area contributed by atoms with Gasteiger partial charge in [-0.25, -0.2) is 18.4 Å². The first-order chi connectivity index (χ1) is 6.95. The third-order valence-corrected chi connectivity index (χ3v) is 3.42. The fourth-order valence-electron chi connectivity index (χ4n) is 1.20. The molecule has 0 aliphatic heterocycles. The minimum absolute atomic E-state index is 0.00634. The minimum atomic E-state index is -3.37.